The van der Waals surface area contributed by atoms with E-state index in [1.54, 1.807) is 12.1 Å². The molecule has 0 aliphatic heterocycles. The molecule has 0 bridgehead atoms. The summed E-state index contributed by atoms with van der Waals surface area (Å²) in [4.78, 5) is 11.7. The van der Waals surface area contributed by atoms with Crippen LogP contribution >= 0.6 is 23.8 Å². The van der Waals surface area contributed by atoms with Crippen molar-refractivity contribution in [3.05, 3.63) is 64.9 Å². The first-order chi connectivity index (χ1) is 10.9. The van der Waals surface area contributed by atoms with Crippen molar-refractivity contribution in [2.75, 3.05) is 5.32 Å². The fourth-order valence-electron chi connectivity index (χ4n) is 1.66. The molecule has 0 saturated heterocycles. The van der Waals surface area contributed by atoms with E-state index in [1.807, 2.05) is 0 Å². The van der Waals surface area contributed by atoms with E-state index in [9.17, 15) is 14.3 Å². The number of amides is 1. The summed E-state index contributed by atoms with van der Waals surface area (Å²) < 4.78 is 12.8. The van der Waals surface area contributed by atoms with Gasteiger partial charge in [0.2, 0.25) is 5.91 Å². The highest BCUT2D eigenvalue weighted by Crippen LogP contribution is 2.26. The number of hydrogen-bond acceptors (Lipinski definition) is 3. The molecule has 7 heteroatoms. The molecule has 4 nitrogen and oxygen atoms in total. The molecule has 0 aromatic heterocycles. The highest BCUT2D eigenvalue weighted by molar-refractivity contribution is 7.80. The van der Waals surface area contributed by atoms with Crippen molar-refractivity contribution in [2.45, 2.75) is 0 Å². The number of carbonyl (C=O) groups excluding carboxylic acids is 1. The highest BCUT2D eigenvalue weighted by atomic mass is 35.5. The van der Waals surface area contributed by atoms with Crippen molar-refractivity contribution in [3.8, 4) is 5.75 Å². The van der Waals surface area contributed by atoms with Crippen LogP contribution in [0.25, 0.3) is 6.08 Å². The fourth-order valence-corrected chi connectivity index (χ4v) is 2.04. The first-order valence-electron chi connectivity index (χ1n) is 6.48. The van der Waals surface area contributed by atoms with E-state index < -0.39 is 5.91 Å². The Balaban J connectivity index is 1.93. The Hall–Kier alpha value is -2.44. The molecule has 23 heavy (non-hydrogen) atoms. The monoisotopic (exact) mass is 350 g/mol. The van der Waals surface area contributed by atoms with Crippen LogP contribution in [0.3, 0.4) is 0 Å². The Kier molecular flexibility index (Phi) is 5.67. The van der Waals surface area contributed by atoms with Crippen LogP contribution in [-0.4, -0.2) is 16.1 Å². The predicted molar refractivity (Wildman–Crippen MR) is 92.9 cm³/mol. The summed E-state index contributed by atoms with van der Waals surface area (Å²) in [6, 6.07) is 10.1. The fraction of sp³-hybridized carbons (Fsp3) is 0. The number of carbonyl (C=O) groups is 1. The van der Waals surface area contributed by atoms with E-state index >= 15 is 0 Å². The van der Waals surface area contributed by atoms with Gasteiger partial charge in [-0.05, 0) is 54.2 Å². The Morgan fingerprint density at radius 2 is 1.91 bits per heavy atom. The third-order valence-electron chi connectivity index (χ3n) is 2.74. The minimum absolute atomic E-state index is 0.0105. The Labute approximate surface area is 142 Å². The maximum atomic E-state index is 12.8. The van der Waals surface area contributed by atoms with E-state index in [0.29, 0.717) is 10.6 Å². The molecular formula is C16H12ClFN2O2S. The molecule has 1 amide bonds. The third-order valence-corrected chi connectivity index (χ3v) is 3.18. The zero-order chi connectivity index (χ0) is 16.8. The van der Waals surface area contributed by atoms with Gasteiger partial charge in [-0.1, -0.05) is 23.7 Å². The van der Waals surface area contributed by atoms with Crippen LogP contribution in [-0.2, 0) is 4.79 Å². The van der Waals surface area contributed by atoms with Gasteiger partial charge in [0.1, 0.15) is 11.6 Å². The number of anilines is 1. The highest BCUT2D eigenvalue weighted by Gasteiger charge is 2.06. The minimum Gasteiger partial charge on any atom is -0.506 e. The molecule has 0 heterocycles. The smallest absolute Gasteiger partial charge is 0.250 e. The summed E-state index contributed by atoms with van der Waals surface area (Å²) in [6.45, 7) is 0. The summed E-state index contributed by atoms with van der Waals surface area (Å²) in [7, 11) is 0. The lowest BCUT2D eigenvalue weighted by molar-refractivity contribution is -0.115. The van der Waals surface area contributed by atoms with Gasteiger partial charge in [-0.3, -0.25) is 10.1 Å². The SMILES string of the molecule is O=C(/C=C/c1ccc(F)cc1)NC(=S)Nc1cc(Cl)ccc1O. The standard InChI is InChI=1S/C16H12ClFN2O2S/c17-11-4-7-14(21)13(9-11)19-16(23)20-15(22)8-3-10-1-5-12(18)6-2-10/h1-9,21H,(H2,19,20,22,23)/b8-3+. The summed E-state index contributed by atoms with van der Waals surface area (Å²) in [5, 5.41) is 15.2. The van der Waals surface area contributed by atoms with Crippen molar-refractivity contribution in [1.82, 2.24) is 5.32 Å². The van der Waals surface area contributed by atoms with Crippen molar-refractivity contribution >= 4 is 46.6 Å². The molecular weight excluding hydrogens is 339 g/mol. The van der Waals surface area contributed by atoms with Gasteiger partial charge in [-0.25, -0.2) is 4.39 Å². The van der Waals surface area contributed by atoms with Gasteiger partial charge in [-0.2, -0.15) is 0 Å². The number of rotatable bonds is 3. The number of halogens is 2. The summed E-state index contributed by atoms with van der Waals surface area (Å²) in [5.74, 6) is -0.862. The number of thiocarbonyl (C=S) groups is 1. The number of hydrogen-bond donors (Lipinski definition) is 3. The Bertz CT molecular complexity index is 763. The Morgan fingerprint density at radius 1 is 1.22 bits per heavy atom. The van der Waals surface area contributed by atoms with Crippen molar-refractivity contribution in [3.63, 3.8) is 0 Å². The van der Waals surface area contributed by atoms with Gasteiger partial charge in [0.25, 0.3) is 0 Å². The molecule has 3 N–H and O–H groups in total. The average molecular weight is 351 g/mol. The van der Waals surface area contributed by atoms with Crippen molar-refractivity contribution in [2.24, 2.45) is 0 Å². The molecule has 2 aromatic rings. The zero-order valence-electron chi connectivity index (χ0n) is 11.7. The molecule has 2 rings (SSSR count). The number of phenols is 1. The molecule has 0 saturated carbocycles. The van der Waals surface area contributed by atoms with Crippen LogP contribution in [0, 0.1) is 5.82 Å². The number of aromatic hydroxyl groups is 1. The second-order valence-electron chi connectivity index (χ2n) is 4.49. The topological polar surface area (TPSA) is 61.4 Å². The van der Waals surface area contributed by atoms with Crippen LogP contribution in [0.1, 0.15) is 5.56 Å². The summed E-state index contributed by atoms with van der Waals surface area (Å²) in [5.41, 5.74) is 0.957. The first kappa shape index (κ1) is 16.9. The normalized spacial score (nSPS) is 10.5. The maximum Gasteiger partial charge on any atom is 0.250 e. The molecule has 0 unspecified atom stereocenters. The second kappa shape index (κ2) is 7.71. The average Bonchev–Trinajstić information content (AvgIpc) is 2.50. The third kappa shape index (κ3) is 5.36. The van der Waals surface area contributed by atoms with Crippen LogP contribution < -0.4 is 10.6 Å². The molecule has 118 valence electrons. The van der Waals surface area contributed by atoms with Gasteiger partial charge in [-0.15, -0.1) is 0 Å². The molecule has 0 fully saturated rings. The lowest BCUT2D eigenvalue weighted by Gasteiger charge is -2.10. The van der Waals surface area contributed by atoms with Gasteiger partial charge >= 0.3 is 0 Å². The largest absolute Gasteiger partial charge is 0.506 e. The lowest BCUT2D eigenvalue weighted by atomic mass is 10.2. The molecule has 0 radical (unpaired) electrons. The van der Waals surface area contributed by atoms with E-state index in [0.717, 1.165) is 0 Å². The zero-order valence-corrected chi connectivity index (χ0v) is 13.3. The molecule has 0 spiro atoms. The van der Waals surface area contributed by atoms with Gasteiger partial charge < -0.3 is 10.4 Å². The van der Waals surface area contributed by atoms with Crippen LogP contribution in [0.2, 0.25) is 5.02 Å². The first-order valence-corrected chi connectivity index (χ1v) is 7.27. The van der Waals surface area contributed by atoms with Crippen LogP contribution in [0.5, 0.6) is 5.75 Å². The number of nitrogens with one attached hydrogen (secondary N) is 2. The quantitative estimate of drug-likeness (QED) is 0.448. The van der Waals surface area contributed by atoms with E-state index in [-0.39, 0.29) is 22.4 Å². The predicted octanol–water partition coefficient (Wildman–Crippen LogP) is 3.71. The molecule has 2 aromatic carbocycles. The van der Waals surface area contributed by atoms with Gasteiger partial charge in [0.15, 0.2) is 5.11 Å². The second-order valence-corrected chi connectivity index (χ2v) is 5.33. The van der Waals surface area contributed by atoms with Crippen molar-refractivity contribution < 1.29 is 14.3 Å². The lowest BCUT2D eigenvalue weighted by Crippen LogP contribution is -2.32. The maximum absolute atomic E-state index is 12.8. The van der Waals surface area contributed by atoms with Gasteiger partial charge in [0.05, 0.1) is 5.69 Å². The molecule has 0 aliphatic rings. The molecule has 0 atom stereocenters. The van der Waals surface area contributed by atoms with Crippen LogP contribution in [0.4, 0.5) is 10.1 Å². The minimum atomic E-state index is -0.464. The van der Waals surface area contributed by atoms with E-state index in [2.05, 4.69) is 10.6 Å². The molecule has 0 aliphatic carbocycles. The van der Waals surface area contributed by atoms with Gasteiger partial charge in [0, 0.05) is 11.1 Å². The van der Waals surface area contributed by atoms with E-state index in [1.165, 1.54) is 42.5 Å². The van der Waals surface area contributed by atoms with Crippen molar-refractivity contribution in [1.29, 1.82) is 0 Å². The summed E-state index contributed by atoms with van der Waals surface area (Å²) in [6.07, 6.45) is 2.79. The Morgan fingerprint density at radius 3 is 2.61 bits per heavy atom. The number of phenolic OH excluding ortho intramolecular Hbond substituents is 1. The van der Waals surface area contributed by atoms with E-state index in [4.69, 9.17) is 23.8 Å². The summed E-state index contributed by atoms with van der Waals surface area (Å²) >= 11 is 10.8. The number of benzene rings is 2. The van der Waals surface area contributed by atoms with Crippen LogP contribution in [0.15, 0.2) is 48.5 Å².